The van der Waals surface area contributed by atoms with Crippen LogP contribution in [0.15, 0.2) is 60.7 Å². The Morgan fingerprint density at radius 2 is 1.73 bits per heavy atom. The van der Waals surface area contributed by atoms with Crippen LogP contribution < -0.4 is 14.4 Å². The number of anilines is 1. The van der Waals surface area contributed by atoms with Gasteiger partial charge in [-0.3, -0.25) is 4.90 Å². The Kier molecular flexibility index (Phi) is 4.46. The highest BCUT2D eigenvalue weighted by atomic mass is 16.5. The summed E-state index contributed by atoms with van der Waals surface area (Å²) in [6.07, 6.45) is 0.750. The number of carbonyl (C=O) groups is 1. The van der Waals surface area contributed by atoms with Gasteiger partial charge in [0.05, 0.1) is 31.5 Å². The first-order chi connectivity index (χ1) is 16.2. The van der Waals surface area contributed by atoms with Gasteiger partial charge in [-0.25, -0.2) is 9.48 Å². The van der Waals surface area contributed by atoms with Gasteiger partial charge in [0.15, 0.2) is 11.5 Å². The summed E-state index contributed by atoms with van der Waals surface area (Å²) in [4.78, 5) is 17.5. The Balaban J connectivity index is 1.47. The number of methoxy groups -OCH3 is 2. The van der Waals surface area contributed by atoms with Gasteiger partial charge in [-0.15, -0.1) is 5.10 Å². The monoisotopic (exact) mass is 441 g/mol. The molecule has 2 aliphatic heterocycles. The molecule has 2 amide bonds. The second kappa shape index (κ2) is 7.51. The van der Waals surface area contributed by atoms with E-state index >= 15 is 0 Å². The third kappa shape index (κ3) is 2.94. The molecule has 1 atom stereocenters. The lowest BCUT2D eigenvalue weighted by Crippen LogP contribution is -2.52. The van der Waals surface area contributed by atoms with Gasteiger partial charge >= 0.3 is 6.03 Å². The average Bonchev–Trinajstić information content (AvgIpc) is 3.27. The fourth-order valence-electron chi connectivity index (χ4n) is 5.00. The summed E-state index contributed by atoms with van der Waals surface area (Å²) >= 11 is 0. The standard InChI is InChI=1S/C25H23N5O3/c1-32-22-13-16-11-12-28-24(18(16)14-23(22)33-2)17-7-3-5-9-20(17)29(25(28)31)15-30-21-10-6-4-8-19(21)26-27-30/h3-10,13-14,24H,11-12,15H2,1-2H3. The van der Waals surface area contributed by atoms with Crippen molar-refractivity contribution in [1.29, 1.82) is 0 Å². The van der Waals surface area contributed by atoms with E-state index in [1.54, 1.807) is 23.8 Å². The van der Waals surface area contributed by atoms with E-state index in [9.17, 15) is 4.79 Å². The van der Waals surface area contributed by atoms with Crippen molar-refractivity contribution in [2.75, 3.05) is 25.7 Å². The number of benzene rings is 3. The van der Waals surface area contributed by atoms with Crippen molar-refractivity contribution in [3.05, 3.63) is 77.4 Å². The normalized spacial score (nSPS) is 16.9. The number of urea groups is 1. The average molecular weight is 441 g/mol. The topological polar surface area (TPSA) is 72.7 Å². The zero-order valence-corrected chi connectivity index (χ0v) is 18.4. The number of ether oxygens (including phenoxy) is 2. The molecule has 2 aliphatic rings. The van der Waals surface area contributed by atoms with E-state index in [1.807, 2.05) is 59.5 Å². The number of aromatic nitrogens is 3. The second-order valence-electron chi connectivity index (χ2n) is 8.24. The molecule has 166 valence electrons. The zero-order valence-electron chi connectivity index (χ0n) is 18.4. The molecule has 0 bridgehead atoms. The van der Waals surface area contributed by atoms with Crippen LogP contribution in [0.4, 0.5) is 10.5 Å². The second-order valence-corrected chi connectivity index (χ2v) is 8.24. The summed E-state index contributed by atoms with van der Waals surface area (Å²) in [5.74, 6) is 1.37. The van der Waals surface area contributed by atoms with Crippen molar-refractivity contribution < 1.29 is 14.3 Å². The van der Waals surface area contributed by atoms with Gasteiger partial charge in [0.2, 0.25) is 0 Å². The lowest BCUT2D eigenvalue weighted by molar-refractivity contribution is 0.179. The van der Waals surface area contributed by atoms with Crippen molar-refractivity contribution in [3.8, 4) is 11.5 Å². The molecule has 0 radical (unpaired) electrons. The van der Waals surface area contributed by atoms with E-state index in [4.69, 9.17) is 9.47 Å². The summed E-state index contributed by atoms with van der Waals surface area (Å²) in [5, 5.41) is 8.55. The maximum Gasteiger partial charge on any atom is 0.326 e. The molecular weight excluding hydrogens is 418 g/mol. The van der Waals surface area contributed by atoms with E-state index in [-0.39, 0.29) is 12.1 Å². The summed E-state index contributed by atoms with van der Waals surface area (Å²) < 4.78 is 12.9. The van der Waals surface area contributed by atoms with Gasteiger partial charge in [-0.2, -0.15) is 0 Å². The molecule has 8 nitrogen and oxygen atoms in total. The van der Waals surface area contributed by atoms with E-state index in [0.717, 1.165) is 34.3 Å². The van der Waals surface area contributed by atoms with E-state index < -0.39 is 0 Å². The van der Waals surface area contributed by atoms with Gasteiger partial charge in [0.1, 0.15) is 12.2 Å². The molecule has 4 aromatic rings. The fourth-order valence-corrected chi connectivity index (χ4v) is 5.00. The predicted octanol–water partition coefficient (Wildman–Crippen LogP) is 3.99. The number of amides is 2. The van der Waals surface area contributed by atoms with Crippen LogP contribution in [0.5, 0.6) is 11.5 Å². The van der Waals surface area contributed by atoms with Crippen LogP contribution in [0.25, 0.3) is 11.0 Å². The Labute approximate surface area is 190 Å². The third-order valence-electron chi connectivity index (χ3n) is 6.57. The van der Waals surface area contributed by atoms with Gasteiger partial charge in [0, 0.05) is 12.1 Å². The number of para-hydroxylation sites is 2. The quantitative estimate of drug-likeness (QED) is 0.479. The maximum absolute atomic E-state index is 13.8. The van der Waals surface area contributed by atoms with Crippen LogP contribution in [0.1, 0.15) is 22.7 Å². The third-order valence-corrected chi connectivity index (χ3v) is 6.57. The Morgan fingerprint density at radius 3 is 2.58 bits per heavy atom. The number of rotatable bonds is 4. The molecule has 0 spiro atoms. The smallest absolute Gasteiger partial charge is 0.326 e. The first-order valence-electron chi connectivity index (χ1n) is 10.9. The number of hydrogen-bond acceptors (Lipinski definition) is 5. The summed E-state index contributed by atoms with van der Waals surface area (Å²) in [6.45, 7) is 0.910. The zero-order chi connectivity index (χ0) is 22.5. The molecule has 1 aromatic heterocycles. The van der Waals surface area contributed by atoms with E-state index in [1.165, 1.54) is 5.56 Å². The van der Waals surface area contributed by atoms with Crippen LogP contribution in [-0.2, 0) is 13.1 Å². The van der Waals surface area contributed by atoms with Gasteiger partial charge in [-0.1, -0.05) is 35.5 Å². The highest BCUT2D eigenvalue weighted by molar-refractivity contribution is 5.96. The van der Waals surface area contributed by atoms with Crippen LogP contribution >= 0.6 is 0 Å². The Hall–Kier alpha value is -4.07. The van der Waals surface area contributed by atoms with Crippen molar-refractivity contribution >= 4 is 22.8 Å². The SMILES string of the molecule is COc1cc2c(cc1OC)C1c3ccccc3N(Cn3nnc4ccccc43)C(=O)N1CC2. The van der Waals surface area contributed by atoms with Gasteiger partial charge in [0.25, 0.3) is 0 Å². The van der Waals surface area contributed by atoms with Crippen LogP contribution in [0.2, 0.25) is 0 Å². The number of fused-ring (bicyclic) bond motifs is 6. The Bertz CT molecular complexity index is 1380. The van der Waals surface area contributed by atoms with Crippen LogP contribution in [-0.4, -0.2) is 46.7 Å². The molecule has 0 saturated carbocycles. The number of nitrogens with zero attached hydrogens (tertiary/aromatic N) is 5. The lowest BCUT2D eigenvalue weighted by atomic mass is 9.85. The van der Waals surface area contributed by atoms with Gasteiger partial charge < -0.3 is 14.4 Å². The molecule has 0 aliphatic carbocycles. The van der Waals surface area contributed by atoms with E-state index in [2.05, 4.69) is 16.4 Å². The predicted molar refractivity (Wildman–Crippen MR) is 124 cm³/mol. The number of hydrogen-bond donors (Lipinski definition) is 0. The molecule has 6 rings (SSSR count). The molecule has 8 heteroatoms. The first-order valence-corrected chi connectivity index (χ1v) is 10.9. The number of carbonyl (C=O) groups excluding carboxylic acids is 1. The summed E-state index contributed by atoms with van der Waals surface area (Å²) in [6, 6.07) is 19.7. The summed E-state index contributed by atoms with van der Waals surface area (Å²) in [5.41, 5.74) is 5.91. The summed E-state index contributed by atoms with van der Waals surface area (Å²) in [7, 11) is 3.28. The molecule has 33 heavy (non-hydrogen) atoms. The molecule has 0 N–H and O–H groups in total. The van der Waals surface area contributed by atoms with Crippen molar-refractivity contribution in [1.82, 2.24) is 19.9 Å². The molecule has 3 heterocycles. The minimum atomic E-state index is -0.180. The first kappa shape index (κ1) is 19.6. The minimum absolute atomic E-state index is 0.0429. The Morgan fingerprint density at radius 1 is 0.970 bits per heavy atom. The highest BCUT2D eigenvalue weighted by Gasteiger charge is 2.41. The molecule has 0 saturated heterocycles. The van der Waals surface area contributed by atoms with Crippen LogP contribution in [0.3, 0.4) is 0 Å². The lowest BCUT2D eigenvalue weighted by Gasteiger charge is -2.45. The molecule has 3 aromatic carbocycles. The minimum Gasteiger partial charge on any atom is -0.493 e. The molecule has 0 fully saturated rings. The van der Waals surface area contributed by atoms with Gasteiger partial charge in [-0.05, 0) is 47.9 Å². The van der Waals surface area contributed by atoms with Crippen molar-refractivity contribution in [2.45, 2.75) is 19.1 Å². The molecule has 1 unspecified atom stereocenters. The fraction of sp³-hybridized carbons (Fsp3) is 0.240. The van der Waals surface area contributed by atoms with Crippen LogP contribution in [0, 0.1) is 0 Å². The van der Waals surface area contributed by atoms with Crippen molar-refractivity contribution in [3.63, 3.8) is 0 Å². The highest BCUT2D eigenvalue weighted by Crippen LogP contribution is 2.46. The van der Waals surface area contributed by atoms with E-state index in [0.29, 0.717) is 24.7 Å². The largest absolute Gasteiger partial charge is 0.493 e. The van der Waals surface area contributed by atoms with Crippen molar-refractivity contribution in [2.24, 2.45) is 0 Å². The maximum atomic E-state index is 13.8. The molecular formula is C25H23N5O3.